The second-order valence-corrected chi connectivity index (χ2v) is 5.18. The van der Waals surface area contributed by atoms with E-state index in [1.165, 1.54) is 0 Å². The number of piperidine rings is 1. The maximum Gasteiger partial charge on any atom is 0.306 e. The van der Waals surface area contributed by atoms with Gasteiger partial charge < -0.3 is 9.84 Å². The van der Waals surface area contributed by atoms with Gasteiger partial charge in [-0.15, -0.1) is 0 Å². The Kier molecular flexibility index (Phi) is 5.18. The van der Waals surface area contributed by atoms with Crippen LogP contribution >= 0.6 is 0 Å². The molecule has 1 N–H and O–H groups in total. The molecule has 5 heteroatoms. The minimum Gasteiger partial charge on any atom is -0.494 e. The Bertz CT molecular complexity index is 513. The number of nitrogens with zero attached hydrogens (tertiary/aromatic N) is 2. The molecular formula is C16H20N2O3. The number of carboxylic acids is 1. The third-order valence-electron chi connectivity index (χ3n) is 3.87. The van der Waals surface area contributed by atoms with Gasteiger partial charge in [0.25, 0.3) is 0 Å². The number of aliphatic carboxylic acids is 1. The predicted octanol–water partition coefficient (Wildman–Crippen LogP) is 2.45. The van der Waals surface area contributed by atoms with Crippen molar-refractivity contribution in [2.24, 2.45) is 5.92 Å². The van der Waals surface area contributed by atoms with E-state index in [9.17, 15) is 10.1 Å². The molecule has 2 rings (SSSR count). The van der Waals surface area contributed by atoms with Gasteiger partial charge in [0.1, 0.15) is 11.8 Å². The Morgan fingerprint density at radius 1 is 1.43 bits per heavy atom. The average Bonchev–Trinajstić information content (AvgIpc) is 2.50. The van der Waals surface area contributed by atoms with Crippen molar-refractivity contribution in [1.29, 1.82) is 5.26 Å². The van der Waals surface area contributed by atoms with Gasteiger partial charge in [0, 0.05) is 13.1 Å². The van der Waals surface area contributed by atoms with Crippen molar-refractivity contribution >= 4 is 5.97 Å². The van der Waals surface area contributed by atoms with E-state index in [1.54, 1.807) is 0 Å². The molecule has 1 aromatic rings. The number of hydrogen-bond acceptors (Lipinski definition) is 4. The monoisotopic (exact) mass is 288 g/mol. The van der Waals surface area contributed by atoms with Crippen LogP contribution in [0.1, 0.15) is 31.4 Å². The standard InChI is InChI=1S/C16H20N2O3/c1-2-21-14-5-3-12(4-6-14)15(11-17)18-9-7-13(8-10-18)16(19)20/h3-6,13,15H,2,7-10H2,1H3,(H,19,20). The summed E-state index contributed by atoms with van der Waals surface area (Å²) in [6.07, 6.45) is 1.20. The third kappa shape index (κ3) is 3.73. The van der Waals surface area contributed by atoms with Gasteiger partial charge in [0.2, 0.25) is 0 Å². The van der Waals surface area contributed by atoms with Crippen LogP contribution in [0.4, 0.5) is 0 Å². The minimum absolute atomic E-state index is 0.277. The number of carboxylic acid groups (broad SMARTS) is 1. The molecule has 0 aliphatic carbocycles. The maximum absolute atomic E-state index is 11.0. The summed E-state index contributed by atoms with van der Waals surface area (Å²) < 4.78 is 5.40. The highest BCUT2D eigenvalue weighted by molar-refractivity contribution is 5.70. The highest BCUT2D eigenvalue weighted by Crippen LogP contribution is 2.27. The number of hydrogen-bond donors (Lipinski definition) is 1. The van der Waals surface area contributed by atoms with Crippen molar-refractivity contribution in [3.63, 3.8) is 0 Å². The number of nitriles is 1. The van der Waals surface area contributed by atoms with E-state index in [1.807, 2.05) is 31.2 Å². The second-order valence-electron chi connectivity index (χ2n) is 5.18. The Labute approximate surface area is 124 Å². The van der Waals surface area contributed by atoms with Crippen molar-refractivity contribution in [2.45, 2.75) is 25.8 Å². The molecule has 1 saturated heterocycles. The Balaban J connectivity index is 2.03. The molecule has 1 fully saturated rings. The molecule has 21 heavy (non-hydrogen) atoms. The number of benzene rings is 1. The van der Waals surface area contributed by atoms with Crippen LogP contribution < -0.4 is 4.74 Å². The van der Waals surface area contributed by atoms with Gasteiger partial charge in [0.15, 0.2) is 0 Å². The van der Waals surface area contributed by atoms with Gasteiger partial charge in [-0.25, -0.2) is 0 Å². The van der Waals surface area contributed by atoms with Crippen LogP contribution in [0.3, 0.4) is 0 Å². The lowest BCUT2D eigenvalue weighted by Gasteiger charge is -2.33. The zero-order chi connectivity index (χ0) is 15.2. The average molecular weight is 288 g/mol. The van der Waals surface area contributed by atoms with Gasteiger partial charge in [-0.3, -0.25) is 9.69 Å². The highest BCUT2D eigenvalue weighted by Gasteiger charge is 2.29. The summed E-state index contributed by atoms with van der Waals surface area (Å²) in [4.78, 5) is 13.0. The van der Waals surface area contributed by atoms with Crippen LogP contribution in [0, 0.1) is 17.2 Å². The number of rotatable bonds is 5. The normalized spacial score (nSPS) is 17.9. The molecule has 0 bridgehead atoms. The van der Waals surface area contributed by atoms with Gasteiger partial charge in [-0.2, -0.15) is 5.26 Å². The van der Waals surface area contributed by atoms with E-state index in [2.05, 4.69) is 11.0 Å². The van der Waals surface area contributed by atoms with E-state index in [-0.39, 0.29) is 12.0 Å². The van der Waals surface area contributed by atoms with Crippen LogP contribution in [0.5, 0.6) is 5.75 Å². The van der Waals surface area contributed by atoms with Crippen molar-refractivity contribution < 1.29 is 14.6 Å². The first kappa shape index (κ1) is 15.3. The lowest BCUT2D eigenvalue weighted by molar-refractivity contribution is -0.143. The molecule has 1 aliphatic heterocycles. The first-order chi connectivity index (χ1) is 10.2. The van der Waals surface area contributed by atoms with E-state index < -0.39 is 5.97 Å². The first-order valence-electron chi connectivity index (χ1n) is 7.25. The highest BCUT2D eigenvalue weighted by atomic mass is 16.5. The van der Waals surface area contributed by atoms with Crippen molar-refractivity contribution in [1.82, 2.24) is 4.90 Å². The predicted molar refractivity (Wildman–Crippen MR) is 77.9 cm³/mol. The molecular weight excluding hydrogens is 268 g/mol. The second kappa shape index (κ2) is 7.09. The number of ether oxygens (including phenoxy) is 1. The lowest BCUT2D eigenvalue weighted by Crippen LogP contribution is -2.38. The molecule has 0 radical (unpaired) electrons. The third-order valence-corrected chi connectivity index (χ3v) is 3.87. The fraction of sp³-hybridized carbons (Fsp3) is 0.500. The van der Waals surface area contributed by atoms with Crippen LogP contribution in [-0.4, -0.2) is 35.7 Å². The molecule has 1 heterocycles. The fourth-order valence-corrected chi connectivity index (χ4v) is 2.68. The molecule has 1 aliphatic rings. The molecule has 0 amide bonds. The van der Waals surface area contributed by atoms with Crippen LogP contribution in [0.15, 0.2) is 24.3 Å². The maximum atomic E-state index is 11.0. The first-order valence-corrected chi connectivity index (χ1v) is 7.25. The Hall–Kier alpha value is -2.06. The quantitative estimate of drug-likeness (QED) is 0.901. The summed E-state index contributed by atoms with van der Waals surface area (Å²) >= 11 is 0. The summed E-state index contributed by atoms with van der Waals surface area (Å²) in [5, 5.41) is 18.5. The fourth-order valence-electron chi connectivity index (χ4n) is 2.68. The van der Waals surface area contributed by atoms with E-state index in [4.69, 9.17) is 9.84 Å². The molecule has 1 aromatic carbocycles. The summed E-state index contributed by atoms with van der Waals surface area (Å²) in [5.41, 5.74) is 0.926. The van der Waals surface area contributed by atoms with Crippen LogP contribution in [0.25, 0.3) is 0 Å². The van der Waals surface area contributed by atoms with Crippen LogP contribution in [0.2, 0.25) is 0 Å². The molecule has 0 spiro atoms. The molecule has 112 valence electrons. The molecule has 1 atom stereocenters. The summed E-state index contributed by atoms with van der Waals surface area (Å²) in [6, 6.07) is 9.54. The van der Waals surface area contributed by atoms with Gasteiger partial charge >= 0.3 is 5.97 Å². The minimum atomic E-state index is -0.732. The van der Waals surface area contributed by atoms with Gasteiger partial charge in [-0.05, 0) is 37.5 Å². The van der Waals surface area contributed by atoms with Crippen molar-refractivity contribution in [2.75, 3.05) is 19.7 Å². The summed E-state index contributed by atoms with van der Waals surface area (Å²) in [6.45, 7) is 3.83. The Morgan fingerprint density at radius 2 is 2.05 bits per heavy atom. The summed E-state index contributed by atoms with van der Waals surface area (Å²) in [7, 11) is 0. The Morgan fingerprint density at radius 3 is 2.52 bits per heavy atom. The lowest BCUT2D eigenvalue weighted by atomic mass is 9.94. The van der Waals surface area contributed by atoms with E-state index in [0.717, 1.165) is 11.3 Å². The molecule has 0 aromatic heterocycles. The van der Waals surface area contributed by atoms with E-state index in [0.29, 0.717) is 32.5 Å². The topological polar surface area (TPSA) is 73.6 Å². The van der Waals surface area contributed by atoms with Crippen LogP contribution in [-0.2, 0) is 4.79 Å². The SMILES string of the molecule is CCOc1ccc(C(C#N)N2CCC(C(=O)O)CC2)cc1. The largest absolute Gasteiger partial charge is 0.494 e. The number of likely N-dealkylation sites (tertiary alicyclic amines) is 1. The zero-order valence-electron chi connectivity index (χ0n) is 12.2. The zero-order valence-corrected chi connectivity index (χ0v) is 12.2. The molecule has 0 saturated carbocycles. The molecule has 1 unspecified atom stereocenters. The van der Waals surface area contributed by atoms with Gasteiger partial charge in [0.05, 0.1) is 18.6 Å². The van der Waals surface area contributed by atoms with Crippen molar-refractivity contribution in [3.8, 4) is 11.8 Å². The molecule has 5 nitrogen and oxygen atoms in total. The number of carbonyl (C=O) groups is 1. The van der Waals surface area contributed by atoms with E-state index >= 15 is 0 Å². The van der Waals surface area contributed by atoms with Crippen molar-refractivity contribution in [3.05, 3.63) is 29.8 Å². The smallest absolute Gasteiger partial charge is 0.306 e. The van der Waals surface area contributed by atoms with Gasteiger partial charge in [-0.1, -0.05) is 12.1 Å². The summed E-state index contributed by atoms with van der Waals surface area (Å²) in [5.74, 6) is -0.215.